The number of aromatic nitrogens is 2. The van der Waals surface area contributed by atoms with Crippen molar-refractivity contribution < 1.29 is 0 Å². The monoisotopic (exact) mass is 1300 g/mol. The quantitative estimate of drug-likeness (QED) is 0.121. The van der Waals surface area contributed by atoms with Crippen LogP contribution in [0.25, 0.3) is 168 Å². The number of benzene rings is 15. The Morgan fingerprint density at radius 3 is 0.892 bits per heavy atom. The van der Waals surface area contributed by atoms with E-state index in [2.05, 4.69) is 349 Å². The van der Waals surface area contributed by atoms with Crippen LogP contribution >= 0.6 is 0 Å². The molecule has 0 aliphatic heterocycles. The van der Waals surface area contributed by atoms with Crippen molar-refractivity contribution in [3.05, 3.63) is 360 Å². The molecule has 0 saturated heterocycles. The highest BCUT2D eigenvalue weighted by atomic mass is 15.0. The lowest BCUT2D eigenvalue weighted by atomic mass is 9.74. The lowest BCUT2D eigenvalue weighted by molar-refractivity contribution is 0.544. The molecule has 4 aliphatic rings. The third-order valence-corrected chi connectivity index (χ3v) is 24.0. The molecule has 482 valence electrons. The summed E-state index contributed by atoms with van der Waals surface area (Å²) in [4.78, 5) is 0. The van der Waals surface area contributed by atoms with Gasteiger partial charge >= 0.3 is 0 Å². The molecular weight excluding hydrogens is 1230 g/mol. The van der Waals surface area contributed by atoms with E-state index in [9.17, 15) is 0 Å². The first kappa shape index (κ1) is 58.8. The molecule has 2 saturated carbocycles. The Balaban J connectivity index is 0.512. The molecule has 2 heterocycles. The number of hydrogen-bond donors (Lipinski definition) is 0. The Morgan fingerprint density at radius 2 is 0.510 bits per heavy atom. The smallest absolute Gasteiger partial charge is 0.0541 e. The third kappa shape index (κ3) is 9.25. The first-order valence-electron chi connectivity index (χ1n) is 36.8. The summed E-state index contributed by atoms with van der Waals surface area (Å²) in [6, 6.07) is 119. The number of para-hydroxylation sites is 2. The average molecular weight is 1300 g/mol. The van der Waals surface area contributed by atoms with Crippen LogP contribution in [0.2, 0.25) is 0 Å². The van der Waals surface area contributed by atoms with Crippen molar-refractivity contribution in [3.63, 3.8) is 0 Å². The molecule has 21 rings (SSSR count). The van der Waals surface area contributed by atoms with Gasteiger partial charge in [0.1, 0.15) is 0 Å². The molecule has 2 heteroatoms. The fourth-order valence-corrected chi connectivity index (χ4v) is 19.0. The Hall–Kier alpha value is -12.1. The van der Waals surface area contributed by atoms with E-state index in [4.69, 9.17) is 0 Å². The average Bonchev–Trinajstić information content (AvgIpc) is 1.52. The van der Waals surface area contributed by atoms with Gasteiger partial charge in [0.25, 0.3) is 0 Å². The topological polar surface area (TPSA) is 9.86 Å². The van der Waals surface area contributed by atoms with E-state index in [-0.39, 0.29) is 10.8 Å². The lowest BCUT2D eigenvalue weighted by Gasteiger charge is -2.29. The van der Waals surface area contributed by atoms with Gasteiger partial charge in [-0.05, 0) is 221 Å². The fourth-order valence-electron chi connectivity index (χ4n) is 19.0. The van der Waals surface area contributed by atoms with Crippen molar-refractivity contribution in [2.45, 2.75) is 62.2 Å². The second-order valence-electron chi connectivity index (χ2n) is 29.4. The van der Waals surface area contributed by atoms with Gasteiger partial charge in [-0.3, -0.25) is 0 Å². The summed E-state index contributed by atoms with van der Waals surface area (Å²) in [7, 11) is 0. The van der Waals surface area contributed by atoms with Gasteiger partial charge in [-0.15, -0.1) is 0 Å². The standard InChI is InChI=1S/C100H72N2/c1-3-19-79-73(15-1)17-13-25-93(79)101-95-23-7-5-21-83(95)87-59-75(49-53-97(87)101)69-39-31-65(32-40-69)27-29-67-35-43-71(44-36-67)77-47-51-81-85-63-92-86(64-91(85)99(89(81)61-77)55-9-10-56-99)82-52-48-78(62-90(82)100(92)57-11-12-58-100)72-45-37-68(38-46-72)30-28-66-33-41-70(42-34-66)76-50-54-98-88(60-76)84-22-6-8-24-96(84)102(98)94-26-14-18-74-16-2-4-20-80(74)94/h1-8,13-54,59-64H,9-12,55-58H2. The molecule has 17 aromatic rings. The van der Waals surface area contributed by atoms with Crippen LogP contribution in [-0.4, -0.2) is 9.13 Å². The Bertz CT molecular complexity index is 5930. The van der Waals surface area contributed by atoms with Crippen molar-refractivity contribution >= 4 is 89.5 Å². The number of hydrogen-bond acceptors (Lipinski definition) is 0. The van der Waals surface area contributed by atoms with Gasteiger partial charge in [0.05, 0.1) is 33.4 Å². The molecule has 0 amide bonds. The zero-order chi connectivity index (χ0) is 67.0. The zero-order valence-corrected chi connectivity index (χ0v) is 56.9. The highest BCUT2D eigenvalue weighted by molar-refractivity contribution is 6.13. The minimum atomic E-state index is 0.0457. The Labute approximate surface area is 595 Å². The van der Waals surface area contributed by atoms with E-state index in [1.807, 2.05) is 0 Å². The number of fused-ring (bicyclic) bond motifs is 18. The molecule has 2 aromatic heterocycles. The Kier molecular flexibility index (Phi) is 13.4. The molecule has 0 bridgehead atoms. The predicted octanol–water partition coefficient (Wildman–Crippen LogP) is 26.9. The van der Waals surface area contributed by atoms with Crippen molar-refractivity contribution in [1.29, 1.82) is 0 Å². The van der Waals surface area contributed by atoms with Crippen LogP contribution in [0.3, 0.4) is 0 Å². The summed E-state index contributed by atoms with van der Waals surface area (Å²) in [6.07, 6.45) is 18.9. The van der Waals surface area contributed by atoms with Crippen molar-refractivity contribution in [2.24, 2.45) is 0 Å². The summed E-state index contributed by atoms with van der Waals surface area (Å²) in [5.41, 5.74) is 34.3. The summed E-state index contributed by atoms with van der Waals surface area (Å²) in [5.74, 6) is 0. The van der Waals surface area contributed by atoms with Gasteiger partial charge in [0, 0.05) is 43.1 Å². The normalized spacial score (nSPS) is 14.8. The van der Waals surface area contributed by atoms with Crippen molar-refractivity contribution in [2.75, 3.05) is 0 Å². The van der Waals surface area contributed by atoms with E-state index in [0.29, 0.717) is 0 Å². The molecule has 4 aliphatic carbocycles. The summed E-state index contributed by atoms with van der Waals surface area (Å²) < 4.78 is 4.87. The van der Waals surface area contributed by atoms with Crippen LogP contribution in [0.1, 0.15) is 95.9 Å². The SMILES string of the molecule is C(=Cc1ccc(-c2ccc3c(c2)c2ccccc2n3-c2cccc3ccccc23)cc1)c1ccc(-c2ccc3c(c2)C2(CCCC2)c2cc4c(cc2-3)C2(CCCC2)c2cc(-c3ccc(C=Cc5ccc(-c6ccc7c(c6)c6ccccc6n7-c6cccc7ccccc67)cc5)cc3)ccc2-4)cc1. The highest BCUT2D eigenvalue weighted by Crippen LogP contribution is 2.64. The summed E-state index contributed by atoms with van der Waals surface area (Å²) in [6.45, 7) is 0. The van der Waals surface area contributed by atoms with Crippen molar-refractivity contribution in [1.82, 2.24) is 9.13 Å². The zero-order valence-electron chi connectivity index (χ0n) is 56.9. The summed E-state index contributed by atoms with van der Waals surface area (Å²) in [5, 5.41) is 10.1. The third-order valence-electron chi connectivity index (χ3n) is 24.0. The molecule has 0 radical (unpaired) electrons. The highest BCUT2D eigenvalue weighted by Gasteiger charge is 2.50. The van der Waals surface area contributed by atoms with Crippen LogP contribution in [0.4, 0.5) is 0 Å². The van der Waals surface area contributed by atoms with Gasteiger partial charge in [0.2, 0.25) is 0 Å². The van der Waals surface area contributed by atoms with E-state index in [1.165, 1.54) is 217 Å². The predicted molar refractivity (Wildman–Crippen MR) is 432 cm³/mol. The molecule has 0 atom stereocenters. The maximum absolute atomic E-state index is 2.70. The van der Waals surface area contributed by atoms with E-state index in [0.717, 1.165) is 0 Å². The van der Waals surface area contributed by atoms with E-state index in [1.54, 1.807) is 22.3 Å². The molecule has 2 nitrogen and oxygen atoms in total. The van der Waals surface area contributed by atoms with Gasteiger partial charge in [-0.2, -0.15) is 0 Å². The fraction of sp³-hybridized carbons (Fsp3) is 0.100. The van der Waals surface area contributed by atoms with Gasteiger partial charge < -0.3 is 9.13 Å². The first-order valence-corrected chi connectivity index (χ1v) is 36.8. The van der Waals surface area contributed by atoms with Gasteiger partial charge in [0.15, 0.2) is 0 Å². The molecule has 102 heavy (non-hydrogen) atoms. The van der Waals surface area contributed by atoms with Crippen LogP contribution in [0.5, 0.6) is 0 Å². The van der Waals surface area contributed by atoms with Gasteiger partial charge in [-0.25, -0.2) is 0 Å². The molecule has 2 fully saturated rings. The number of nitrogens with zero attached hydrogens (tertiary/aromatic N) is 2. The molecule has 0 unspecified atom stereocenters. The van der Waals surface area contributed by atoms with E-state index < -0.39 is 0 Å². The minimum Gasteiger partial charge on any atom is -0.309 e. The summed E-state index contributed by atoms with van der Waals surface area (Å²) >= 11 is 0. The van der Waals surface area contributed by atoms with Crippen LogP contribution in [0, 0.1) is 0 Å². The Morgan fingerprint density at radius 1 is 0.216 bits per heavy atom. The lowest BCUT2D eigenvalue weighted by Crippen LogP contribution is -2.22. The molecule has 0 N–H and O–H groups in total. The van der Waals surface area contributed by atoms with Gasteiger partial charge in [-0.1, -0.05) is 293 Å². The molecule has 2 spiro atoms. The molecule has 15 aromatic carbocycles. The van der Waals surface area contributed by atoms with Crippen LogP contribution in [0.15, 0.2) is 315 Å². The maximum atomic E-state index is 2.70. The molecular formula is C100H72N2. The van der Waals surface area contributed by atoms with Crippen LogP contribution < -0.4 is 0 Å². The van der Waals surface area contributed by atoms with E-state index >= 15 is 0 Å². The number of rotatable bonds is 10. The second-order valence-corrected chi connectivity index (χ2v) is 29.4. The van der Waals surface area contributed by atoms with Crippen LogP contribution in [-0.2, 0) is 10.8 Å². The van der Waals surface area contributed by atoms with Crippen molar-refractivity contribution in [3.8, 4) is 78.1 Å². The minimum absolute atomic E-state index is 0.0457. The first-order chi connectivity index (χ1) is 50.5. The second kappa shape index (κ2) is 23.2. The maximum Gasteiger partial charge on any atom is 0.0541 e. The largest absolute Gasteiger partial charge is 0.309 e.